The summed E-state index contributed by atoms with van der Waals surface area (Å²) < 4.78 is 21.1. The molecule has 24 heavy (non-hydrogen) atoms. The lowest BCUT2D eigenvalue weighted by Gasteiger charge is -2.28. The number of hydrogen-bond acceptors (Lipinski definition) is 4. The third kappa shape index (κ3) is 8.38. The van der Waals surface area contributed by atoms with E-state index in [0.29, 0.717) is 12.8 Å². The topological polar surface area (TPSA) is 87.3 Å². The summed E-state index contributed by atoms with van der Waals surface area (Å²) in [6, 6.07) is -0.286. The van der Waals surface area contributed by atoms with Gasteiger partial charge in [-0.3, -0.25) is 4.79 Å². The van der Waals surface area contributed by atoms with Crippen LogP contribution in [-0.4, -0.2) is 46.9 Å². The Labute approximate surface area is 163 Å². The number of hydrogen-bond donors (Lipinski definition) is 3. The minimum absolute atomic E-state index is 0.0105. The van der Waals surface area contributed by atoms with E-state index in [2.05, 4.69) is 16.0 Å². The average molecular weight is 439 g/mol. The standard InChI is InChI=1S/C13H22Cl3N3O3S2/c1-2-3-4-5-10(20)18-11(13(14,15)16)19-12(23)17-9-6-7-24(21,22)8-9/h9,11H,2-8H2,1H3,(H,18,20)(H2,17,19,23)/t9-,11+/m0/s1. The van der Waals surface area contributed by atoms with Crippen LogP contribution in [0.5, 0.6) is 0 Å². The summed E-state index contributed by atoms with van der Waals surface area (Å²) in [7, 11) is -3.03. The van der Waals surface area contributed by atoms with Gasteiger partial charge in [-0.15, -0.1) is 0 Å². The van der Waals surface area contributed by atoms with E-state index in [-0.39, 0.29) is 28.6 Å². The van der Waals surface area contributed by atoms with Crippen LogP contribution < -0.4 is 16.0 Å². The molecule has 1 heterocycles. The zero-order valence-electron chi connectivity index (χ0n) is 13.3. The Kier molecular flexibility index (Phi) is 8.82. The second-order valence-electron chi connectivity index (χ2n) is 5.72. The molecule has 0 aliphatic carbocycles. The van der Waals surface area contributed by atoms with Gasteiger partial charge >= 0.3 is 0 Å². The fourth-order valence-corrected chi connectivity index (χ4v) is 4.52. The smallest absolute Gasteiger partial charge is 0.228 e. The zero-order chi connectivity index (χ0) is 18.4. The van der Waals surface area contributed by atoms with Gasteiger partial charge in [-0.25, -0.2) is 8.42 Å². The summed E-state index contributed by atoms with van der Waals surface area (Å²) in [5, 5.41) is 8.33. The number of nitrogens with one attached hydrogen (secondary N) is 3. The molecule has 1 amide bonds. The van der Waals surface area contributed by atoms with Crippen LogP contribution >= 0.6 is 47.0 Å². The van der Waals surface area contributed by atoms with E-state index in [1.165, 1.54) is 0 Å². The molecule has 3 N–H and O–H groups in total. The van der Waals surface area contributed by atoms with Crippen molar-refractivity contribution in [3.05, 3.63) is 0 Å². The molecule has 1 aliphatic heterocycles. The lowest BCUT2D eigenvalue weighted by Crippen LogP contribution is -2.58. The van der Waals surface area contributed by atoms with Gasteiger partial charge in [-0.1, -0.05) is 54.6 Å². The first-order chi connectivity index (χ1) is 11.0. The normalized spacial score (nSPS) is 21.1. The van der Waals surface area contributed by atoms with Crippen molar-refractivity contribution in [1.29, 1.82) is 0 Å². The van der Waals surface area contributed by atoms with Crippen LogP contribution in [0.3, 0.4) is 0 Å². The number of halogens is 3. The Morgan fingerprint density at radius 2 is 1.96 bits per heavy atom. The second-order valence-corrected chi connectivity index (χ2v) is 10.7. The Hall–Kier alpha value is -0.0200. The van der Waals surface area contributed by atoms with Gasteiger partial charge in [0.1, 0.15) is 6.17 Å². The van der Waals surface area contributed by atoms with Crippen molar-refractivity contribution in [3.63, 3.8) is 0 Å². The van der Waals surface area contributed by atoms with Crippen molar-refractivity contribution >= 4 is 67.9 Å². The third-order valence-corrected chi connectivity index (χ3v) is 6.14. The first-order valence-corrected chi connectivity index (χ1v) is 11.0. The Morgan fingerprint density at radius 3 is 2.46 bits per heavy atom. The molecule has 0 bridgehead atoms. The van der Waals surface area contributed by atoms with Crippen LogP contribution in [0.2, 0.25) is 0 Å². The highest BCUT2D eigenvalue weighted by Crippen LogP contribution is 2.29. The average Bonchev–Trinajstić information content (AvgIpc) is 2.76. The van der Waals surface area contributed by atoms with Gasteiger partial charge < -0.3 is 16.0 Å². The molecule has 0 aromatic carbocycles. The third-order valence-electron chi connectivity index (χ3n) is 3.48. The molecule has 0 aromatic rings. The quantitative estimate of drug-likeness (QED) is 0.244. The number of alkyl halides is 3. The largest absolute Gasteiger partial charge is 0.359 e. The molecule has 6 nitrogen and oxygen atoms in total. The highest BCUT2D eigenvalue weighted by atomic mass is 35.6. The van der Waals surface area contributed by atoms with Crippen molar-refractivity contribution in [1.82, 2.24) is 16.0 Å². The number of sulfone groups is 1. The maximum absolute atomic E-state index is 11.9. The van der Waals surface area contributed by atoms with E-state index in [1.807, 2.05) is 6.92 Å². The monoisotopic (exact) mass is 437 g/mol. The van der Waals surface area contributed by atoms with E-state index < -0.39 is 19.8 Å². The van der Waals surface area contributed by atoms with E-state index in [0.717, 1.165) is 19.3 Å². The molecule has 0 saturated carbocycles. The Morgan fingerprint density at radius 1 is 1.29 bits per heavy atom. The van der Waals surface area contributed by atoms with E-state index in [1.54, 1.807) is 0 Å². The minimum Gasteiger partial charge on any atom is -0.359 e. The molecule has 1 saturated heterocycles. The van der Waals surface area contributed by atoms with Crippen LogP contribution in [0.25, 0.3) is 0 Å². The SMILES string of the molecule is CCCCCC(=O)N[C@H](NC(=S)N[C@H]1CCS(=O)(=O)C1)C(Cl)(Cl)Cl. The van der Waals surface area contributed by atoms with E-state index in [4.69, 9.17) is 47.0 Å². The molecule has 0 spiro atoms. The second kappa shape index (κ2) is 9.62. The number of carbonyl (C=O) groups excluding carboxylic acids is 1. The van der Waals surface area contributed by atoms with Crippen LogP contribution in [0, 0.1) is 0 Å². The van der Waals surface area contributed by atoms with Crippen LogP contribution in [0.4, 0.5) is 0 Å². The molecule has 1 rings (SSSR count). The van der Waals surface area contributed by atoms with Crippen molar-refractivity contribution in [2.24, 2.45) is 0 Å². The molecule has 1 aliphatic rings. The summed E-state index contributed by atoms with van der Waals surface area (Å²) >= 11 is 22.8. The number of rotatable bonds is 7. The molecule has 2 atom stereocenters. The van der Waals surface area contributed by atoms with Gasteiger partial charge in [-0.05, 0) is 25.1 Å². The van der Waals surface area contributed by atoms with Gasteiger partial charge in [0, 0.05) is 12.5 Å². The Balaban J connectivity index is 2.53. The maximum Gasteiger partial charge on any atom is 0.228 e. The minimum atomic E-state index is -3.03. The van der Waals surface area contributed by atoms with Crippen molar-refractivity contribution < 1.29 is 13.2 Å². The molecule has 1 fully saturated rings. The van der Waals surface area contributed by atoms with Crippen molar-refractivity contribution in [3.8, 4) is 0 Å². The number of unbranched alkanes of at least 4 members (excludes halogenated alkanes) is 2. The lowest BCUT2D eigenvalue weighted by atomic mass is 10.2. The molecule has 11 heteroatoms. The predicted molar refractivity (Wildman–Crippen MR) is 102 cm³/mol. The molecule has 0 unspecified atom stereocenters. The zero-order valence-corrected chi connectivity index (χ0v) is 17.2. The van der Waals surface area contributed by atoms with Crippen molar-refractivity contribution in [2.75, 3.05) is 11.5 Å². The van der Waals surface area contributed by atoms with Crippen LogP contribution in [-0.2, 0) is 14.6 Å². The fourth-order valence-electron chi connectivity index (χ4n) is 2.24. The van der Waals surface area contributed by atoms with Gasteiger partial charge in [0.2, 0.25) is 9.70 Å². The summed E-state index contributed by atoms with van der Waals surface area (Å²) in [6.45, 7) is 2.04. The van der Waals surface area contributed by atoms with Crippen molar-refractivity contribution in [2.45, 2.75) is 55.0 Å². The van der Waals surface area contributed by atoms with Crippen LogP contribution in [0.15, 0.2) is 0 Å². The summed E-state index contributed by atoms with van der Waals surface area (Å²) in [6.07, 6.45) is 2.46. The summed E-state index contributed by atoms with van der Waals surface area (Å²) in [4.78, 5) is 11.9. The maximum atomic E-state index is 11.9. The van der Waals surface area contributed by atoms with E-state index in [9.17, 15) is 13.2 Å². The highest BCUT2D eigenvalue weighted by molar-refractivity contribution is 7.91. The molecule has 140 valence electrons. The fraction of sp³-hybridized carbons (Fsp3) is 0.846. The number of carbonyl (C=O) groups is 1. The first kappa shape index (κ1) is 22.0. The summed E-state index contributed by atoms with van der Waals surface area (Å²) in [5.74, 6) is -0.120. The van der Waals surface area contributed by atoms with Gasteiger partial charge in [-0.2, -0.15) is 0 Å². The predicted octanol–water partition coefficient (Wildman–Crippen LogP) is 2.03. The highest BCUT2D eigenvalue weighted by Gasteiger charge is 2.35. The van der Waals surface area contributed by atoms with Gasteiger partial charge in [0.15, 0.2) is 14.9 Å². The Bertz CT molecular complexity index is 552. The molecular formula is C13H22Cl3N3O3S2. The van der Waals surface area contributed by atoms with Gasteiger partial charge in [0.25, 0.3) is 0 Å². The number of amides is 1. The molecule has 0 radical (unpaired) electrons. The number of thiocarbonyl (C=S) groups is 1. The molecular weight excluding hydrogens is 417 g/mol. The lowest BCUT2D eigenvalue weighted by molar-refractivity contribution is -0.122. The van der Waals surface area contributed by atoms with Gasteiger partial charge in [0.05, 0.1) is 11.5 Å². The van der Waals surface area contributed by atoms with E-state index >= 15 is 0 Å². The first-order valence-electron chi connectivity index (χ1n) is 7.67. The molecule has 0 aromatic heterocycles. The van der Waals surface area contributed by atoms with Crippen LogP contribution in [0.1, 0.15) is 39.0 Å². The summed E-state index contributed by atoms with van der Waals surface area (Å²) in [5.41, 5.74) is 0.